The van der Waals surface area contributed by atoms with Gasteiger partial charge in [0.15, 0.2) is 0 Å². The average Bonchev–Trinajstić information content (AvgIpc) is 2.60. The largest absolute Gasteiger partial charge is 0.545 e. The number of carboxylic acid groups (broad SMARTS) is 1. The number of halogens is 4. The van der Waals surface area contributed by atoms with Crippen LogP contribution in [0.3, 0.4) is 0 Å². The molecule has 144 valence electrons. The first-order chi connectivity index (χ1) is 12.7. The smallest absolute Gasteiger partial charge is 0.461 e. The molecule has 0 aromatic heterocycles. The van der Waals surface area contributed by atoms with E-state index in [0.29, 0.717) is 0 Å². The van der Waals surface area contributed by atoms with Gasteiger partial charge in [0, 0.05) is 17.2 Å². The third kappa shape index (κ3) is 5.13. The van der Waals surface area contributed by atoms with Crippen molar-refractivity contribution < 1.29 is 41.7 Å². The van der Waals surface area contributed by atoms with Crippen LogP contribution in [0.5, 0.6) is 17.2 Å². The molecule has 0 atom stereocenters. The zero-order valence-corrected chi connectivity index (χ0v) is 13.8. The molecule has 0 heterocycles. The number of hydrogen-bond acceptors (Lipinski definition) is 5. The van der Waals surface area contributed by atoms with Gasteiger partial charge < -0.3 is 24.1 Å². The molecule has 0 amide bonds. The molecular weight excluding hydrogens is 372 g/mol. The number of ether oxygens (including phenoxy) is 3. The Hall–Kier alpha value is -3.23. The Morgan fingerprint density at radius 3 is 2.41 bits per heavy atom. The van der Waals surface area contributed by atoms with Crippen LogP contribution in [0, 0.1) is 0 Å². The maximum atomic E-state index is 13.0. The fraction of sp³-hybridized carbons (Fsp3) is 0.167. The molecule has 0 saturated heterocycles. The van der Waals surface area contributed by atoms with Gasteiger partial charge in [-0.1, -0.05) is 24.3 Å². The third-order valence-electron chi connectivity index (χ3n) is 3.17. The first-order valence-electron chi connectivity index (χ1n) is 7.41. The van der Waals surface area contributed by atoms with Gasteiger partial charge in [-0.05, 0) is 18.2 Å². The number of carbonyl (C=O) groups is 1. The molecule has 0 aliphatic heterocycles. The Kier molecular flexibility index (Phi) is 6.27. The van der Waals surface area contributed by atoms with Crippen molar-refractivity contribution in [3.05, 3.63) is 60.4 Å². The van der Waals surface area contributed by atoms with Crippen LogP contribution in [0.25, 0.3) is 5.57 Å². The minimum absolute atomic E-state index is 0.0415. The van der Waals surface area contributed by atoms with Crippen LogP contribution in [-0.2, 0) is 9.53 Å². The molecular formula is C18H13F4O5-. The minimum atomic E-state index is -4.67. The molecule has 5 nitrogen and oxygen atoms in total. The summed E-state index contributed by atoms with van der Waals surface area (Å²) in [5.41, 5.74) is -0.215. The molecule has 0 radical (unpaired) electrons. The van der Waals surface area contributed by atoms with Crippen LogP contribution in [0.1, 0.15) is 5.56 Å². The summed E-state index contributed by atoms with van der Waals surface area (Å²) in [6, 6.07) is 10.5. The molecule has 0 spiro atoms. The van der Waals surface area contributed by atoms with Crippen LogP contribution in [-0.4, -0.2) is 25.6 Å². The molecule has 0 unspecified atom stereocenters. The van der Waals surface area contributed by atoms with Gasteiger partial charge in [0.1, 0.15) is 17.2 Å². The highest BCUT2D eigenvalue weighted by molar-refractivity contribution is 6.14. The number of rotatable bonds is 8. The summed E-state index contributed by atoms with van der Waals surface area (Å²) >= 11 is 0. The van der Waals surface area contributed by atoms with Gasteiger partial charge in [-0.2, -0.15) is 17.6 Å². The molecule has 0 aliphatic rings. The van der Waals surface area contributed by atoms with E-state index in [0.717, 1.165) is 18.4 Å². The number of methoxy groups -OCH3 is 1. The summed E-state index contributed by atoms with van der Waals surface area (Å²) in [7, 11) is 1.25. The molecule has 0 N–H and O–H groups in total. The summed E-state index contributed by atoms with van der Waals surface area (Å²) in [5, 5.41) is 11.3. The predicted molar refractivity (Wildman–Crippen MR) is 84.5 cm³/mol. The zero-order chi connectivity index (χ0) is 20.0. The number of benzene rings is 2. The van der Waals surface area contributed by atoms with Crippen molar-refractivity contribution in [2.75, 3.05) is 7.11 Å². The second-order valence-corrected chi connectivity index (χ2v) is 5.09. The number of alkyl halides is 4. The van der Waals surface area contributed by atoms with Crippen molar-refractivity contribution >= 4 is 11.5 Å². The average molecular weight is 385 g/mol. The molecule has 27 heavy (non-hydrogen) atoms. The molecule has 9 heteroatoms. The van der Waals surface area contributed by atoms with Gasteiger partial charge in [-0.25, -0.2) is 0 Å². The lowest BCUT2D eigenvalue weighted by atomic mass is 10.1. The van der Waals surface area contributed by atoms with E-state index in [2.05, 4.69) is 4.74 Å². The molecule has 0 aliphatic carbocycles. The maximum absolute atomic E-state index is 13.0. The van der Waals surface area contributed by atoms with Crippen LogP contribution < -0.4 is 14.6 Å². The fourth-order valence-electron chi connectivity index (χ4n) is 2.05. The maximum Gasteiger partial charge on any atom is 0.461 e. The Morgan fingerprint density at radius 1 is 1.11 bits per heavy atom. The Balaban J connectivity index is 2.32. The normalized spacial score (nSPS) is 12.0. The lowest BCUT2D eigenvalue weighted by Crippen LogP contribution is -2.33. The SMILES string of the molecule is CO/C=C(/C(=O)[O-])c1ccccc1Oc1cccc(OC(F)(F)C(F)F)c1. The van der Waals surface area contributed by atoms with Crippen molar-refractivity contribution in [1.82, 2.24) is 0 Å². The topological polar surface area (TPSA) is 67.8 Å². The fourth-order valence-corrected chi connectivity index (χ4v) is 2.05. The van der Waals surface area contributed by atoms with Gasteiger partial charge in [0.05, 0.1) is 19.3 Å². The number of hydrogen-bond donors (Lipinski definition) is 0. The van der Waals surface area contributed by atoms with Gasteiger partial charge in [-0.15, -0.1) is 0 Å². The Labute approximate surface area is 151 Å². The highest BCUT2D eigenvalue weighted by Gasteiger charge is 2.44. The van der Waals surface area contributed by atoms with E-state index in [4.69, 9.17) is 9.47 Å². The second kappa shape index (κ2) is 8.43. The molecule has 0 bridgehead atoms. The quantitative estimate of drug-likeness (QED) is 0.396. The Bertz CT molecular complexity index is 836. The number of para-hydroxylation sites is 1. The lowest BCUT2D eigenvalue weighted by molar-refractivity contribution is -0.295. The third-order valence-corrected chi connectivity index (χ3v) is 3.17. The van der Waals surface area contributed by atoms with Crippen LogP contribution in [0.15, 0.2) is 54.8 Å². The highest BCUT2D eigenvalue weighted by atomic mass is 19.3. The van der Waals surface area contributed by atoms with E-state index in [1.54, 1.807) is 6.07 Å². The minimum Gasteiger partial charge on any atom is -0.545 e. The Morgan fingerprint density at radius 2 is 1.78 bits per heavy atom. The van der Waals surface area contributed by atoms with E-state index in [1.165, 1.54) is 37.4 Å². The van der Waals surface area contributed by atoms with Gasteiger partial charge in [0.25, 0.3) is 0 Å². The lowest BCUT2D eigenvalue weighted by Gasteiger charge is -2.18. The molecule has 2 rings (SSSR count). The molecule has 0 saturated carbocycles. The summed E-state index contributed by atoms with van der Waals surface area (Å²) in [6.07, 6.45) is -7.73. The predicted octanol–water partition coefficient (Wildman–Crippen LogP) is 3.45. The van der Waals surface area contributed by atoms with E-state index in [1.807, 2.05) is 0 Å². The number of aliphatic carboxylic acids is 1. The van der Waals surface area contributed by atoms with Crippen LogP contribution in [0.4, 0.5) is 17.6 Å². The first kappa shape index (κ1) is 20.1. The molecule has 2 aromatic rings. The van der Waals surface area contributed by atoms with Crippen molar-refractivity contribution in [2.45, 2.75) is 12.5 Å². The van der Waals surface area contributed by atoms with Crippen LogP contribution in [0.2, 0.25) is 0 Å². The van der Waals surface area contributed by atoms with Crippen molar-refractivity contribution in [1.29, 1.82) is 0 Å². The van der Waals surface area contributed by atoms with Crippen LogP contribution >= 0.6 is 0 Å². The number of carboxylic acids is 1. The summed E-state index contributed by atoms with van der Waals surface area (Å²) in [5.74, 6) is -2.08. The summed E-state index contributed by atoms with van der Waals surface area (Å²) < 4.78 is 64.8. The van der Waals surface area contributed by atoms with Crippen molar-refractivity contribution in [3.8, 4) is 17.2 Å². The van der Waals surface area contributed by atoms with Gasteiger partial charge in [-0.3, -0.25) is 0 Å². The van der Waals surface area contributed by atoms with E-state index < -0.39 is 24.3 Å². The molecule has 0 fully saturated rings. The van der Waals surface area contributed by atoms with Gasteiger partial charge in [0.2, 0.25) is 0 Å². The number of carbonyl (C=O) groups excluding carboxylic acids is 1. The monoisotopic (exact) mass is 385 g/mol. The first-order valence-corrected chi connectivity index (χ1v) is 7.41. The van der Waals surface area contributed by atoms with E-state index in [9.17, 15) is 27.5 Å². The van der Waals surface area contributed by atoms with Crippen molar-refractivity contribution in [3.63, 3.8) is 0 Å². The van der Waals surface area contributed by atoms with E-state index >= 15 is 0 Å². The standard InChI is InChI=1S/C18H14F4O5/c1-25-10-14(16(23)24)13-7-2-3-8-15(13)26-11-5-4-6-12(9-11)27-18(21,22)17(19)20/h2-10,17H,1H3,(H,23,24)/p-1/b14-10+. The second-order valence-electron chi connectivity index (χ2n) is 5.09. The summed E-state index contributed by atoms with van der Waals surface area (Å²) in [4.78, 5) is 11.3. The summed E-state index contributed by atoms with van der Waals surface area (Å²) in [6.45, 7) is 0. The molecule has 2 aromatic carbocycles. The van der Waals surface area contributed by atoms with Gasteiger partial charge >= 0.3 is 12.5 Å². The zero-order valence-electron chi connectivity index (χ0n) is 13.8. The van der Waals surface area contributed by atoms with Crippen molar-refractivity contribution in [2.24, 2.45) is 0 Å². The highest BCUT2D eigenvalue weighted by Crippen LogP contribution is 2.33. The van der Waals surface area contributed by atoms with E-state index in [-0.39, 0.29) is 22.6 Å².